The summed E-state index contributed by atoms with van der Waals surface area (Å²) in [7, 11) is 1.59. The van der Waals surface area contributed by atoms with Gasteiger partial charge in [-0.2, -0.15) is 0 Å². The Hall–Kier alpha value is -4.06. The second-order valence-electron chi connectivity index (χ2n) is 7.53. The fourth-order valence-corrected chi connectivity index (χ4v) is 3.79. The molecular formula is C26H22N2O4. The van der Waals surface area contributed by atoms with Crippen LogP contribution in [0.25, 0.3) is 33.3 Å². The molecule has 0 saturated heterocycles. The molecule has 0 bridgehead atoms. The first-order chi connectivity index (χ1) is 15.7. The maximum absolute atomic E-state index is 12.6. The average Bonchev–Trinajstić information content (AvgIpc) is 3.43. The third-order valence-electron chi connectivity index (χ3n) is 5.38. The van der Waals surface area contributed by atoms with Crippen LogP contribution < -0.4 is 10.1 Å². The molecule has 0 unspecified atom stereocenters. The lowest BCUT2D eigenvalue weighted by molar-refractivity contribution is -0.116. The van der Waals surface area contributed by atoms with Crippen LogP contribution in [0.3, 0.4) is 0 Å². The van der Waals surface area contributed by atoms with Gasteiger partial charge in [-0.3, -0.25) is 4.79 Å². The molecule has 2 aromatic heterocycles. The van der Waals surface area contributed by atoms with Crippen molar-refractivity contribution in [1.82, 2.24) is 4.98 Å². The highest BCUT2D eigenvalue weighted by atomic mass is 16.5. The van der Waals surface area contributed by atoms with Crippen molar-refractivity contribution in [1.29, 1.82) is 0 Å². The molecule has 2 heterocycles. The minimum absolute atomic E-state index is 0.103. The van der Waals surface area contributed by atoms with Gasteiger partial charge in [-0.05, 0) is 18.6 Å². The molecule has 0 aliphatic rings. The van der Waals surface area contributed by atoms with Gasteiger partial charge in [-0.25, -0.2) is 4.98 Å². The number of fused-ring (bicyclic) bond motifs is 3. The van der Waals surface area contributed by atoms with Crippen LogP contribution in [-0.4, -0.2) is 18.0 Å². The Balaban J connectivity index is 1.24. The number of furan rings is 1. The number of ether oxygens (including phenoxy) is 1. The highest BCUT2D eigenvalue weighted by molar-refractivity contribution is 6.07. The summed E-state index contributed by atoms with van der Waals surface area (Å²) in [4.78, 5) is 16.9. The Morgan fingerprint density at radius 3 is 2.62 bits per heavy atom. The lowest BCUT2D eigenvalue weighted by Crippen LogP contribution is -2.12. The van der Waals surface area contributed by atoms with E-state index in [1.54, 1.807) is 13.3 Å². The van der Waals surface area contributed by atoms with E-state index in [0.717, 1.165) is 27.7 Å². The number of para-hydroxylation sites is 1. The van der Waals surface area contributed by atoms with E-state index in [0.29, 0.717) is 42.2 Å². The Morgan fingerprint density at radius 1 is 0.969 bits per heavy atom. The van der Waals surface area contributed by atoms with Crippen molar-refractivity contribution in [2.45, 2.75) is 19.3 Å². The van der Waals surface area contributed by atoms with Crippen LogP contribution >= 0.6 is 0 Å². The van der Waals surface area contributed by atoms with Crippen LogP contribution in [0.2, 0.25) is 0 Å². The summed E-state index contributed by atoms with van der Waals surface area (Å²) in [6, 6.07) is 21.4. The van der Waals surface area contributed by atoms with Crippen LogP contribution in [-0.2, 0) is 11.2 Å². The normalized spacial score (nSPS) is 11.2. The first kappa shape index (κ1) is 19.9. The van der Waals surface area contributed by atoms with E-state index in [2.05, 4.69) is 10.3 Å². The number of amides is 1. The number of benzene rings is 3. The van der Waals surface area contributed by atoms with Crippen molar-refractivity contribution in [3.05, 3.63) is 78.8 Å². The van der Waals surface area contributed by atoms with E-state index in [-0.39, 0.29) is 5.91 Å². The van der Waals surface area contributed by atoms with Gasteiger partial charge in [-0.15, -0.1) is 0 Å². The van der Waals surface area contributed by atoms with Gasteiger partial charge in [0, 0.05) is 35.2 Å². The van der Waals surface area contributed by atoms with Crippen LogP contribution in [0.4, 0.5) is 5.69 Å². The molecule has 0 radical (unpaired) electrons. The van der Waals surface area contributed by atoms with Gasteiger partial charge >= 0.3 is 0 Å². The molecule has 5 aromatic rings. The molecule has 0 aliphatic carbocycles. The molecule has 160 valence electrons. The number of oxazole rings is 1. The number of anilines is 1. The standard InChI is InChI=1S/C26H22N2O4/c1-30-23-14-19-18-10-5-6-11-21(18)31-22(19)15-20(23)28-25(29)12-7-13-26-27-16-24(32-26)17-8-3-2-4-9-17/h2-6,8-11,14-16H,7,12-13H2,1H3,(H,28,29). The zero-order valence-electron chi connectivity index (χ0n) is 17.6. The van der Waals surface area contributed by atoms with Crippen molar-refractivity contribution < 1.29 is 18.4 Å². The van der Waals surface area contributed by atoms with Crippen LogP contribution in [0, 0.1) is 0 Å². The van der Waals surface area contributed by atoms with Gasteiger partial charge in [0.25, 0.3) is 0 Å². The fraction of sp³-hybridized carbons (Fsp3) is 0.154. The third kappa shape index (κ3) is 3.95. The topological polar surface area (TPSA) is 77.5 Å². The molecule has 0 spiro atoms. The molecule has 6 heteroatoms. The van der Waals surface area contributed by atoms with Crippen molar-refractivity contribution in [2.75, 3.05) is 12.4 Å². The largest absolute Gasteiger partial charge is 0.495 e. The SMILES string of the molecule is COc1cc2c(cc1NC(=O)CCCc1ncc(-c3ccccc3)o1)oc1ccccc12. The van der Waals surface area contributed by atoms with E-state index in [4.69, 9.17) is 13.6 Å². The number of hydrogen-bond donors (Lipinski definition) is 1. The highest BCUT2D eigenvalue weighted by Crippen LogP contribution is 2.36. The molecule has 0 saturated carbocycles. The Bertz CT molecular complexity index is 1390. The fourth-order valence-electron chi connectivity index (χ4n) is 3.79. The second-order valence-corrected chi connectivity index (χ2v) is 7.53. The summed E-state index contributed by atoms with van der Waals surface area (Å²) in [5, 5.41) is 4.91. The number of nitrogens with zero attached hydrogens (tertiary/aromatic N) is 1. The van der Waals surface area contributed by atoms with E-state index in [9.17, 15) is 4.79 Å². The van der Waals surface area contributed by atoms with Crippen molar-refractivity contribution in [3.63, 3.8) is 0 Å². The molecule has 32 heavy (non-hydrogen) atoms. The molecular weight excluding hydrogens is 404 g/mol. The van der Waals surface area contributed by atoms with Crippen LogP contribution in [0.5, 0.6) is 5.75 Å². The number of carbonyl (C=O) groups excluding carboxylic acids is 1. The second kappa shape index (κ2) is 8.59. The van der Waals surface area contributed by atoms with E-state index in [1.165, 1.54) is 0 Å². The molecule has 1 N–H and O–H groups in total. The van der Waals surface area contributed by atoms with Gasteiger partial charge < -0.3 is 18.9 Å². The molecule has 1 amide bonds. The van der Waals surface area contributed by atoms with Gasteiger partial charge in [0.2, 0.25) is 5.91 Å². The molecule has 3 aromatic carbocycles. The van der Waals surface area contributed by atoms with Gasteiger partial charge in [-0.1, -0.05) is 48.5 Å². The first-order valence-electron chi connectivity index (χ1n) is 10.5. The van der Waals surface area contributed by atoms with Crippen molar-refractivity contribution >= 4 is 33.5 Å². The lowest BCUT2D eigenvalue weighted by Gasteiger charge is -2.10. The summed E-state index contributed by atoms with van der Waals surface area (Å²) < 4.78 is 17.2. The quantitative estimate of drug-likeness (QED) is 0.335. The maximum atomic E-state index is 12.6. The predicted molar refractivity (Wildman–Crippen MR) is 124 cm³/mol. The summed E-state index contributed by atoms with van der Waals surface area (Å²) in [6.07, 6.45) is 3.26. The van der Waals surface area contributed by atoms with E-state index < -0.39 is 0 Å². The zero-order chi connectivity index (χ0) is 21.9. The van der Waals surface area contributed by atoms with E-state index >= 15 is 0 Å². The Morgan fingerprint density at radius 2 is 1.78 bits per heavy atom. The molecule has 0 fully saturated rings. The summed E-state index contributed by atoms with van der Waals surface area (Å²) >= 11 is 0. The Labute approximate surface area is 184 Å². The van der Waals surface area contributed by atoms with Gasteiger partial charge in [0.15, 0.2) is 11.7 Å². The number of aryl methyl sites for hydroxylation is 1. The molecule has 0 aliphatic heterocycles. The Kier molecular flexibility index (Phi) is 5.34. The monoisotopic (exact) mass is 426 g/mol. The molecule has 6 nitrogen and oxygen atoms in total. The van der Waals surface area contributed by atoms with Crippen molar-refractivity contribution in [2.24, 2.45) is 0 Å². The van der Waals surface area contributed by atoms with Gasteiger partial charge in [0.1, 0.15) is 16.9 Å². The summed E-state index contributed by atoms with van der Waals surface area (Å²) in [5.41, 5.74) is 3.08. The lowest BCUT2D eigenvalue weighted by atomic mass is 10.1. The smallest absolute Gasteiger partial charge is 0.224 e. The molecule has 5 rings (SSSR count). The number of nitrogens with one attached hydrogen (secondary N) is 1. The third-order valence-corrected chi connectivity index (χ3v) is 5.38. The number of methoxy groups -OCH3 is 1. The van der Waals surface area contributed by atoms with Crippen LogP contribution in [0.15, 0.2) is 81.8 Å². The summed E-state index contributed by atoms with van der Waals surface area (Å²) in [6.45, 7) is 0. The number of aromatic nitrogens is 1. The van der Waals surface area contributed by atoms with Crippen LogP contribution in [0.1, 0.15) is 18.7 Å². The predicted octanol–water partition coefficient (Wildman–Crippen LogP) is 6.21. The van der Waals surface area contributed by atoms with Crippen molar-refractivity contribution in [3.8, 4) is 17.1 Å². The number of rotatable bonds is 7. The van der Waals surface area contributed by atoms with E-state index in [1.807, 2.05) is 66.7 Å². The number of carbonyl (C=O) groups is 1. The first-order valence-corrected chi connectivity index (χ1v) is 10.5. The minimum atomic E-state index is -0.103. The summed E-state index contributed by atoms with van der Waals surface area (Å²) in [5.74, 6) is 1.85. The maximum Gasteiger partial charge on any atom is 0.224 e. The minimum Gasteiger partial charge on any atom is -0.495 e. The zero-order valence-corrected chi connectivity index (χ0v) is 17.6. The number of hydrogen-bond acceptors (Lipinski definition) is 5. The molecule has 0 atom stereocenters. The van der Waals surface area contributed by atoms with Gasteiger partial charge in [0.05, 0.1) is 19.0 Å². The highest BCUT2D eigenvalue weighted by Gasteiger charge is 2.14. The average molecular weight is 426 g/mol.